The van der Waals surface area contributed by atoms with Gasteiger partial charge in [0.25, 0.3) is 0 Å². The molecule has 7 nitrogen and oxygen atoms in total. The summed E-state index contributed by atoms with van der Waals surface area (Å²) in [5.41, 5.74) is 2.20. The highest BCUT2D eigenvalue weighted by Crippen LogP contribution is 2.28. The first-order chi connectivity index (χ1) is 15.8. The van der Waals surface area contributed by atoms with E-state index in [-0.39, 0.29) is 27.6 Å². The number of aromatic nitrogens is 1. The summed E-state index contributed by atoms with van der Waals surface area (Å²) in [6.45, 7) is 5.18. The molecular formula is C24H33N3O4S2. The van der Waals surface area contributed by atoms with Gasteiger partial charge in [0.15, 0.2) is 0 Å². The zero-order valence-corrected chi connectivity index (χ0v) is 21.0. The lowest BCUT2D eigenvalue weighted by atomic mass is 9.96. The second-order valence-electron chi connectivity index (χ2n) is 9.29. The third-order valence-electron chi connectivity index (χ3n) is 6.69. The van der Waals surface area contributed by atoms with Gasteiger partial charge < -0.3 is 5.32 Å². The van der Waals surface area contributed by atoms with Crippen molar-refractivity contribution in [2.45, 2.75) is 69.7 Å². The molecule has 1 aliphatic carbocycles. The molecule has 1 aromatic heterocycles. The van der Waals surface area contributed by atoms with Crippen LogP contribution in [0.3, 0.4) is 0 Å². The van der Waals surface area contributed by atoms with E-state index in [4.69, 9.17) is 0 Å². The van der Waals surface area contributed by atoms with Gasteiger partial charge in [0.05, 0.1) is 15.1 Å². The largest absolute Gasteiger partial charge is 0.356 e. The van der Waals surface area contributed by atoms with Gasteiger partial charge in [0.1, 0.15) is 0 Å². The summed E-state index contributed by atoms with van der Waals surface area (Å²) in [6.07, 6.45) is 9.03. The van der Waals surface area contributed by atoms with Crippen molar-refractivity contribution in [1.82, 2.24) is 14.2 Å². The van der Waals surface area contributed by atoms with E-state index in [1.54, 1.807) is 22.8 Å². The first-order valence-corrected chi connectivity index (χ1v) is 14.1. The minimum Gasteiger partial charge on any atom is -0.356 e. The molecule has 2 aromatic rings. The maximum atomic E-state index is 13.2. The Morgan fingerprint density at radius 1 is 1.21 bits per heavy atom. The van der Waals surface area contributed by atoms with Crippen LogP contribution in [0.1, 0.15) is 64.8 Å². The van der Waals surface area contributed by atoms with Crippen molar-refractivity contribution < 1.29 is 13.2 Å². The molecule has 0 unspecified atom stereocenters. The Morgan fingerprint density at radius 2 is 1.97 bits per heavy atom. The van der Waals surface area contributed by atoms with E-state index in [2.05, 4.69) is 11.4 Å². The second-order valence-corrected chi connectivity index (χ2v) is 12.2. The third-order valence-corrected chi connectivity index (χ3v) is 9.51. The molecule has 0 bridgehead atoms. The number of hydrogen-bond acceptors (Lipinski definition) is 5. The van der Waals surface area contributed by atoms with E-state index >= 15 is 0 Å². The molecule has 1 N–H and O–H groups in total. The van der Waals surface area contributed by atoms with Crippen LogP contribution in [0.15, 0.2) is 39.5 Å². The van der Waals surface area contributed by atoms with Crippen molar-refractivity contribution in [2.75, 3.05) is 19.6 Å². The molecule has 1 aliphatic heterocycles. The number of nitrogens with zero attached hydrogens (tertiary/aromatic N) is 2. The fourth-order valence-corrected chi connectivity index (χ4v) is 7.42. The van der Waals surface area contributed by atoms with Gasteiger partial charge in [0, 0.05) is 31.6 Å². The van der Waals surface area contributed by atoms with Gasteiger partial charge in [-0.05, 0) is 77.0 Å². The van der Waals surface area contributed by atoms with Crippen molar-refractivity contribution in [2.24, 2.45) is 5.92 Å². The van der Waals surface area contributed by atoms with E-state index in [0.717, 1.165) is 36.1 Å². The Balaban J connectivity index is 1.36. The Morgan fingerprint density at radius 3 is 2.64 bits per heavy atom. The quantitative estimate of drug-likeness (QED) is 0.592. The van der Waals surface area contributed by atoms with Crippen LogP contribution in [-0.2, 0) is 14.8 Å². The summed E-state index contributed by atoms with van der Waals surface area (Å²) >= 11 is 1.07. The number of carbonyl (C=O) groups is 1. The van der Waals surface area contributed by atoms with Crippen LogP contribution < -0.4 is 10.2 Å². The predicted octanol–water partition coefficient (Wildman–Crippen LogP) is 4.05. The van der Waals surface area contributed by atoms with Gasteiger partial charge >= 0.3 is 4.87 Å². The smallest absolute Gasteiger partial charge is 0.308 e. The molecule has 33 heavy (non-hydrogen) atoms. The number of rotatable bonds is 7. The van der Waals surface area contributed by atoms with Crippen LogP contribution in [0.5, 0.6) is 0 Å². The van der Waals surface area contributed by atoms with Crippen LogP contribution in [0.25, 0.3) is 10.2 Å². The van der Waals surface area contributed by atoms with Gasteiger partial charge in [0.2, 0.25) is 15.9 Å². The van der Waals surface area contributed by atoms with E-state index in [1.807, 2.05) is 13.8 Å². The highest BCUT2D eigenvalue weighted by atomic mass is 32.2. The average molecular weight is 492 g/mol. The fraction of sp³-hybridized carbons (Fsp3) is 0.583. The van der Waals surface area contributed by atoms with Crippen molar-refractivity contribution in [3.63, 3.8) is 0 Å². The molecule has 2 aliphatic rings. The molecule has 1 amide bonds. The minimum atomic E-state index is -3.67. The number of amides is 1. The van der Waals surface area contributed by atoms with E-state index < -0.39 is 10.0 Å². The maximum absolute atomic E-state index is 13.2. The van der Waals surface area contributed by atoms with Crippen LogP contribution in [0, 0.1) is 5.92 Å². The number of allylic oxidation sites excluding steroid dienone is 1. The summed E-state index contributed by atoms with van der Waals surface area (Å²) in [6, 6.07) is 4.93. The van der Waals surface area contributed by atoms with Crippen LogP contribution >= 0.6 is 11.3 Å². The number of fused-ring (bicyclic) bond motifs is 1. The molecule has 4 rings (SSSR count). The first kappa shape index (κ1) is 24.2. The monoisotopic (exact) mass is 491 g/mol. The summed E-state index contributed by atoms with van der Waals surface area (Å²) in [5, 5.41) is 3.04. The zero-order chi connectivity index (χ0) is 23.6. The molecule has 0 radical (unpaired) electrons. The van der Waals surface area contributed by atoms with Gasteiger partial charge in [-0.3, -0.25) is 14.2 Å². The van der Waals surface area contributed by atoms with E-state index in [1.165, 1.54) is 22.7 Å². The molecular weight excluding hydrogens is 458 g/mol. The lowest BCUT2D eigenvalue weighted by Gasteiger charge is -2.30. The molecule has 0 saturated carbocycles. The number of benzene rings is 1. The topological polar surface area (TPSA) is 88.5 Å². The molecule has 0 atom stereocenters. The Hall–Kier alpha value is -1.97. The van der Waals surface area contributed by atoms with E-state index in [0.29, 0.717) is 37.2 Å². The zero-order valence-electron chi connectivity index (χ0n) is 19.4. The number of nitrogens with one attached hydrogen (secondary N) is 1. The average Bonchev–Trinajstić information content (AvgIpc) is 3.15. The van der Waals surface area contributed by atoms with Gasteiger partial charge in [-0.15, -0.1) is 0 Å². The lowest BCUT2D eigenvalue weighted by molar-refractivity contribution is -0.126. The van der Waals surface area contributed by atoms with Crippen LogP contribution in [-0.4, -0.2) is 42.8 Å². The molecule has 1 aromatic carbocycles. The van der Waals surface area contributed by atoms with Gasteiger partial charge in [-0.1, -0.05) is 23.0 Å². The minimum absolute atomic E-state index is 0.0123. The van der Waals surface area contributed by atoms with Gasteiger partial charge in [-0.25, -0.2) is 8.42 Å². The number of piperidine rings is 1. The van der Waals surface area contributed by atoms with E-state index in [9.17, 15) is 18.0 Å². The molecule has 1 fully saturated rings. The molecule has 9 heteroatoms. The highest BCUT2D eigenvalue weighted by Gasteiger charge is 2.32. The Labute approximate surface area is 199 Å². The molecule has 180 valence electrons. The molecule has 0 spiro atoms. The number of sulfonamides is 1. The van der Waals surface area contributed by atoms with Crippen LogP contribution in [0.2, 0.25) is 0 Å². The number of hydrogen-bond donors (Lipinski definition) is 1. The lowest BCUT2D eigenvalue weighted by Crippen LogP contribution is -2.43. The number of thiazole rings is 1. The second kappa shape index (κ2) is 10.1. The maximum Gasteiger partial charge on any atom is 0.308 e. The van der Waals surface area contributed by atoms with Crippen molar-refractivity contribution in [3.05, 3.63) is 39.5 Å². The normalized spacial score (nSPS) is 18.6. The highest BCUT2D eigenvalue weighted by molar-refractivity contribution is 7.89. The van der Waals surface area contributed by atoms with Gasteiger partial charge in [-0.2, -0.15) is 4.31 Å². The summed E-state index contributed by atoms with van der Waals surface area (Å²) in [7, 11) is -3.67. The Kier molecular flexibility index (Phi) is 7.40. The van der Waals surface area contributed by atoms with Crippen LogP contribution in [0.4, 0.5) is 0 Å². The predicted molar refractivity (Wildman–Crippen MR) is 132 cm³/mol. The summed E-state index contributed by atoms with van der Waals surface area (Å²) in [5.74, 6) is -0.116. The van der Waals surface area contributed by atoms with Crippen molar-refractivity contribution in [1.29, 1.82) is 0 Å². The standard InChI is InChI=1S/C24H33N3O4S2/c1-17(2)27-21-9-8-20(16-22(21)32-24(27)29)33(30,31)26-14-11-19(12-15-26)23(28)25-13-10-18-6-4-3-5-7-18/h6,8-9,16-17,19H,3-5,7,10-15H2,1-2H3,(H,25,28). The molecule has 2 heterocycles. The summed E-state index contributed by atoms with van der Waals surface area (Å²) < 4.78 is 30.3. The Bertz CT molecular complexity index is 1200. The molecule has 1 saturated heterocycles. The number of carbonyl (C=O) groups excluding carboxylic acids is 1. The SMILES string of the molecule is CC(C)n1c(=O)sc2cc(S(=O)(=O)N3CCC(C(=O)NCCC4=CCCCC4)CC3)ccc21. The fourth-order valence-electron chi connectivity index (χ4n) is 4.80. The third kappa shape index (κ3) is 5.25. The van der Waals surface area contributed by atoms with Crippen molar-refractivity contribution in [3.8, 4) is 0 Å². The van der Waals surface area contributed by atoms with Crippen molar-refractivity contribution >= 4 is 37.5 Å². The first-order valence-electron chi connectivity index (χ1n) is 11.9. The summed E-state index contributed by atoms with van der Waals surface area (Å²) in [4.78, 5) is 25.0.